The third kappa shape index (κ3) is 6.32. The number of ether oxygens (including phenoxy) is 1. The molecule has 1 aliphatic rings. The molecule has 1 heterocycles. The summed E-state index contributed by atoms with van der Waals surface area (Å²) in [5.41, 5.74) is 3.10. The highest BCUT2D eigenvalue weighted by Crippen LogP contribution is 2.12. The molecule has 0 spiro atoms. The fraction of sp³-hybridized carbons (Fsp3) is 0.417. The average Bonchev–Trinajstić information content (AvgIpc) is 2.77. The maximum absolute atomic E-state index is 12.7. The van der Waals surface area contributed by atoms with Crippen molar-refractivity contribution in [3.63, 3.8) is 0 Å². The Morgan fingerprint density at radius 2 is 1.77 bits per heavy atom. The lowest BCUT2D eigenvalue weighted by molar-refractivity contribution is -0.122. The average molecular weight is 410 g/mol. The van der Waals surface area contributed by atoms with Crippen molar-refractivity contribution in [1.82, 2.24) is 15.1 Å². The summed E-state index contributed by atoms with van der Waals surface area (Å²) in [6.45, 7) is 8.05. The first-order chi connectivity index (χ1) is 14.5. The largest absolute Gasteiger partial charge is 0.492 e. The van der Waals surface area contributed by atoms with E-state index < -0.39 is 0 Å². The fourth-order valence-corrected chi connectivity index (χ4v) is 3.50. The third-order valence-electron chi connectivity index (χ3n) is 5.32. The van der Waals surface area contributed by atoms with Gasteiger partial charge in [0.2, 0.25) is 5.91 Å². The number of carbonyl (C=O) groups is 2. The van der Waals surface area contributed by atoms with Crippen LogP contribution in [-0.4, -0.2) is 67.5 Å². The number of hydrogen-bond donors (Lipinski definition) is 1. The van der Waals surface area contributed by atoms with Gasteiger partial charge in [-0.15, -0.1) is 0 Å². The molecule has 0 aliphatic carbocycles. The molecule has 0 aromatic heterocycles. The highest BCUT2D eigenvalue weighted by Gasteiger charge is 2.23. The van der Waals surface area contributed by atoms with E-state index in [1.807, 2.05) is 60.4 Å². The third-order valence-corrected chi connectivity index (χ3v) is 5.32. The van der Waals surface area contributed by atoms with Crippen LogP contribution in [0.25, 0.3) is 0 Å². The van der Waals surface area contributed by atoms with Crippen LogP contribution in [0.3, 0.4) is 0 Å². The first-order valence-corrected chi connectivity index (χ1v) is 10.6. The van der Waals surface area contributed by atoms with Gasteiger partial charge in [-0.3, -0.25) is 14.5 Å². The predicted octanol–water partition coefficient (Wildman–Crippen LogP) is 2.51. The lowest BCUT2D eigenvalue weighted by Crippen LogP contribution is -2.51. The highest BCUT2D eigenvalue weighted by atomic mass is 16.5. The Labute approximate surface area is 178 Å². The second-order valence-corrected chi connectivity index (χ2v) is 7.63. The lowest BCUT2D eigenvalue weighted by atomic mass is 10.1. The van der Waals surface area contributed by atoms with E-state index in [1.54, 1.807) is 0 Å². The quantitative estimate of drug-likeness (QED) is 0.681. The number of nitrogens with one attached hydrogen (secondary N) is 1. The molecule has 1 aliphatic heterocycles. The minimum absolute atomic E-state index is 0.0160. The van der Waals surface area contributed by atoms with Crippen molar-refractivity contribution >= 4 is 11.8 Å². The van der Waals surface area contributed by atoms with E-state index in [9.17, 15) is 9.59 Å². The van der Waals surface area contributed by atoms with Crippen LogP contribution in [0.2, 0.25) is 0 Å². The van der Waals surface area contributed by atoms with E-state index in [0.717, 1.165) is 23.3 Å². The fourth-order valence-electron chi connectivity index (χ4n) is 3.50. The first-order valence-electron chi connectivity index (χ1n) is 10.6. The number of nitrogens with zero attached hydrogens (tertiary/aromatic N) is 2. The molecule has 0 bridgehead atoms. The smallest absolute Gasteiger partial charge is 0.253 e. The van der Waals surface area contributed by atoms with Crippen LogP contribution < -0.4 is 10.1 Å². The molecular formula is C24H31N3O3. The van der Waals surface area contributed by atoms with Gasteiger partial charge < -0.3 is 15.0 Å². The predicted molar refractivity (Wildman–Crippen MR) is 118 cm³/mol. The van der Waals surface area contributed by atoms with Crippen LogP contribution in [0.1, 0.15) is 28.4 Å². The Balaban J connectivity index is 1.34. The zero-order chi connectivity index (χ0) is 21.3. The molecule has 1 fully saturated rings. The molecule has 0 radical (unpaired) electrons. The van der Waals surface area contributed by atoms with E-state index in [0.29, 0.717) is 45.9 Å². The van der Waals surface area contributed by atoms with Gasteiger partial charge in [0.15, 0.2) is 0 Å². The molecule has 0 saturated carbocycles. The standard InChI is InChI=1S/C24H31N3O3/c1-3-20-7-9-21(10-8-20)24(29)27-14-12-26(13-15-27)18-23(28)25-11-16-30-22-6-4-5-19(2)17-22/h4-10,17H,3,11-16,18H2,1-2H3,(H,25,28). The second kappa shape index (κ2) is 10.8. The molecule has 1 N–H and O–H groups in total. The molecule has 2 aromatic rings. The topological polar surface area (TPSA) is 61.9 Å². The number of piperazine rings is 1. The van der Waals surface area contributed by atoms with Crippen LogP contribution in [0.15, 0.2) is 48.5 Å². The van der Waals surface area contributed by atoms with E-state index in [4.69, 9.17) is 4.74 Å². The molecule has 2 aromatic carbocycles. The van der Waals surface area contributed by atoms with Crippen molar-refractivity contribution < 1.29 is 14.3 Å². The summed E-state index contributed by atoms with van der Waals surface area (Å²) in [6, 6.07) is 15.7. The van der Waals surface area contributed by atoms with Crippen molar-refractivity contribution in [2.24, 2.45) is 0 Å². The van der Waals surface area contributed by atoms with Gasteiger partial charge in [0.05, 0.1) is 13.1 Å². The van der Waals surface area contributed by atoms with Gasteiger partial charge in [0.25, 0.3) is 5.91 Å². The molecule has 0 atom stereocenters. The molecule has 160 valence electrons. The van der Waals surface area contributed by atoms with Crippen molar-refractivity contribution in [3.05, 3.63) is 65.2 Å². The van der Waals surface area contributed by atoms with Gasteiger partial charge in [0.1, 0.15) is 12.4 Å². The normalized spacial score (nSPS) is 14.4. The van der Waals surface area contributed by atoms with E-state index in [1.165, 1.54) is 5.56 Å². The van der Waals surface area contributed by atoms with Crippen molar-refractivity contribution in [2.45, 2.75) is 20.3 Å². The van der Waals surface area contributed by atoms with Gasteiger partial charge in [-0.2, -0.15) is 0 Å². The number of amides is 2. The minimum Gasteiger partial charge on any atom is -0.492 e. The summed E-state index contributed by atoms with van der Waals surface area (Å²) in [5.74, 6) is 0.863. The molecular weight excluding hydrogens is 378 g/mol. The maximum atomic E-state index is 12.7. The minimum atomic E-state index is -0.0160. The highest BCUT2D eigenvalue weighted by molar-refractivity contribution is 5.94. The number of aryl methyl sites for hydroxylation is 2. The van der Waals surface area contributed by atoms with Crippen molar-refractivity contribution in [3.8, 4) is 5.75 Å². The molecule has 1 saturated heterocycles. The molecule has 0 unspecified atom stereocenters. The molecule has 30 heavy (non-hydrogen) atoms. The summed E-state index contributed by atoms with van der Waals surface area (Å²) in [4.78, 5) is 28.8. The second-order valence-electron chi connectivity index (χ2n) is 7.63. The van der Waals surface area contributed by atoms with E-state index in [-0.39, 0.29) is 11.8 Å². The summed E-state index contributed by atoms with van der Waals surface area (Å²) in [6.07, 6.45) is 0.966. The molecule has 6 heteroatoms. The molecule has 3 rings (SSSR count). The monoisotopic (exact) mass is 409 g/mol. The number of rotatable bonds is 8. The van der Waals surface area contributed by atoms with Crippen LogP contribution in [0, 0.1) is 6.92 Å². The first kappa shape index (κ1) is 21.8. The number of benzene rings is 2. The number of carbonyl (C=O) groups excluding carboxylic acids is 2. The van der Waals surface area contributed by atoms with Crippen LogP contribution in [-0.2, 0) is 11.2 Å². The van der Waals surface area contributed by atoms with Gasteiger partial charge >= 0.3 is 0 Å². The Hall–Kier alpha value is -2.86. The van der Waals surface area contributed by atoms with Gasteiger partial charge in [0, 0.05) is 31.7 Å². The van der Waals surface area contributed by atoms with Crippen molar-refractivity contribution in [1.29, 1.82) is 0 Å². The summed E-state index contributed by atoms with van der Waals surface area (Å²) >= 11 is 0. The zero-order valence-corrected chi connectivity index (χ0v) is 17.9. The molecule has 2 amide bonds. The van der Waals surface area contributed by atoms with Gasteiger partial charge in [-0.25, -0.2) is 0 Å². The van der Waals surface area contributed by atoms with Crippen LogP contribution in [0.5, 0.6) is 5.75 Å². The van der Waals surface area contributed by atoms with Crippen LogP contribution >= 0.6 is 0 Å². The summed E-state index contributed by atoms with van der Waals surface area (Å²) in [7, 11) is 0. The maximum Gasteiger partial charge on any atom is 0.253 e. The van der Waals surface area contributed by atoms with E-state index in [2.05, 4.69) is 17.1 Å². The summed E-state index contributed by atoms with van der Waals surface area (Å²) in [5, 5.41) is 2.90. The van der Waals surface area contributed by atoms with Gasteiger partial charge in [-0.1, -0.05) is 31.2 Å². The Morgan fingerprint density at radius 3 is 2.43 bits per heavy atom. The number of hydrogen-bond acceptors (Lipinski definition) is 4. The Bertz CT molecular complexity index is 843. The van der Waals surface area contributed by atoms with Crippen molar-refractivity contribution in [2.75, 3.05) is 45.9 Å². The van der Waals surface area contributed by atoms with E-state index >= 15 is 0 Å². The Morgan fingerprint density at radius 1 is 1.03 bits per heavy atom. The zero-order valence-electron chi connectivity index (χ0n) is 17.9. The SMILES string of the molecule is CCc1ccc(C(=O)N2CCN(CC(=O)NCCOc3cccc(C)c3)CC2)cc1. The Kier molecular flexibility index (Phi) is 7.85. The molecule has 6 nitrogen and oxygen atoms in total. The lowest BCUT2D eigenvalue weighted by Gasteiger charge is -2.34. The van der Waals surface area contributed by atoms with Gasteiger partial charge in [-0.05, 0) is 48.7 Å². The van der Waals surface area contributed by atoms with Crippen LogP contribution in [0.4, 0.5) is 0 Å². The summed E-state index contributed by atoms with van der Waals surface area (Å²) < 4.78 is 5.65.